The van der Waals surface area contributed by atoms with E-state index in [-0.39, 0.29) is 16.2 Å². The van der Waals surface area contributed by atoms with Crippen molar-refractivity contribution in [2.75, 3.05) is 0 Å². The number of hydrogen-bond donors (Lipinski definition) is 3. The SMILES string of the molecule is Cc1c(C(=O)O)sc2nc(Cc3ccc(O)cc3)[nH]c(=O)c12. The average Bonchev–Trinajstić information content (AvgIpc) is 2.79. The zero-order chi connectivity index (χ0) is 15.9. The van der Waals surface area contributed by atoms with E-state index in [4.69, 9.17) is 5.11 Å². The van der Waals surface area contributed by atoms with Gasteiger partial charge >= 0.3 is 5.97 Å². The Balaban J connectivity index is 2.07. The Morgan fingerprint density at radius 3 is 2.64 bits per heavy atom. The summed E-state index contributed by atoms with van der Waals surface area (Å²) in [5.41, 5.74) is 0.990. The third-order valence-electron chi connectivity index (χ3n) is 3.35. The van der Waals surface area contributed by atoms with Crippen molar-refractivity contribution < 1.29 is 15.0 Å². The van der Waals surface area contributed by atoms with E-state index in [9.17, 15) is 14.7 Å². The van der Waals surface area contributed by atoms with Gasteiger partial charge in [-0.15, -0.1) is 11.3 Å². The molecule has 0 fully saturated rings. The Labute approximate surface area is 128 Å². The van der Waals surface area contributed by atoms with Gasteiger partial charge in [-0.25, -0.2) is 9.78 Å². The van der Waals surface area contributed by atoms with Gasteiger partial charge in [-0.3, -0.25) is 4.79 Å². The molecule has 0 radical (unpaired) electrons. The van der Waals surface area contributed by atoms with Gasteiger partial charge in [0.2, 0.25) is 0 Å². The third kappa shape index (κ3) is 2.46. The van der Waals surface area contributed by atoms with Gasteiger partial charge in [0.15, 0.2) is 0 Å². The van der Waals surface area contributed by atoms with E-state index < -0.39 is 5.97 Å². The molecule has 22 heavy (non-hydrogen) atoms. The van der Waals surface area contributed by atoms with E-state index in [1.807, 2.05) is 0 Å². The lowest BCUT2D eigenvalue weighted by Gasteiger charge is -2.02. The van der Waals surface area contributed by atoms with Crippen LogP contribution in [-0.2, 0) is 6.42 Å². The predicted octanol–water partition coefficient (Wildman–Crippen LogP) is 2.29. The Hall–Kier alpha value is -2.67. The first-order chi connectivity index (χ1) is 10.5. The number of nitrogens with one attached hydrogen (secondary N) is 1. The molecule has 0 aliphatic rings. The van der Waals surface area contributed by atoms with Gasteiger partial charge in [0.25, 0.3) is 5.56 Å². The summed E-state index contributed by atoms with van der Waals surface area (Å²) in [6.07, 6.45) is 0.394. The van der Waals surface area contributed by atoms with Crippen molar-refractivity contribution in [3.05, 3.63) is 56.4 Å². The summed E-state index contributed by atoms with van der Waals surface area (Å²) in [5, 5.41) is 18.7. The molecule has 6 nitrogen and oxygen atoms in total. The molecule has 2 heterocycles. The number of nitrogens with zero attached hydrogens (tertiary/aromatic N) is 1. The lowest BCUT2D eigenvalue weighted by atomic mass is 10.1. The van der Waals surface area contributed by atoms with Gasteiger partial charge in [0, 0.05) is 6.42 Å². The Kier molecular flexibility index (Phi) is 3.42. The van der Waals surface area contributed by atoms with Crippen LogP contribution in [0.1, 0.15) is 26.6 Å². The maximum Gasteiger partial charge on any atom is 0.346 e. The topological polar surface area (TPSA) is 103 Å². The minimum absolute atomic E-state index is 0.134. The molecule has 0 aliphatic carbocycles. The molecule has 0 amide bonds. The number of benzene rings is 1. The molecule has 0 saturated carbocycles. The van der Waals surface area contributed by atoms with E-state index in [0.29, 0.717) is 28.0 Å². The number of aromatic amines is 1. The number of aromatic nitrogens is 2. The van der Waals surface area contributed by atoms with Crippen LogP contribution in [0.15, 0.2) is 29.1 Å². The number of fused-ring (bicyclic) bond motifs is 1. The number of aromatic carboxylic acids is 1. The lowest BCUT2D eigenvalue weighted by Crippen LogP contribution is -2.12. The predicted molar refractivity (Wildman–Crippen MR) is 82.8 cm³/mol. The Bertz CT molecular complexity index is 925. The molecule has 0 spiro atoms. The minimum atomic E-state index is -1.06. The minimum Gasteiger partial charge on any atom is -0.508 e. The maximum absolute atomic E-state index is 12.2. The largest absolute Gasteiger partial charge is 0.508 e. The number of phenolic OH excluding ortho intramolecular Hbond substituents is 1. The van der Waals surface area contributed by atoms with Crippen molar-refractivity contribution >= 4 is 27.5 Å². The number of H-pyrrole nitrogens is 1. The van der Waals surface area contributed by atoms with Crippen LogP contribution < -0.4 is 5.56 Å². The smallest absolute Gasteiger partial charge is 0.346 e. The number of rotatable bonds is 3. The standard InChI is InChI=1S/C15H12N2O4S/c1-7-11-13(19)16-10(6-8-2-4-9(18)5-3-8)17-14(11)22-12(7)15(20)21/h2-5,18H,6H2,1H3,(H,20,21)(H,16,17,19). The third-order valence-corrected chi connectivity index (χ3v) is 4.53. The van der Waals surface area contributed by atoms with Crippen LogP contribution in [0.25, 0.3) is 10.2 Å². The highest BCUT2D eigenvalue weighted by molar-refractivity contribution is 7.20. The van der Waals surface area contributed by atoms with Crippen LogP contribution >= 0.6 is 11.3 Å². The first kappa shape index (κ1) is 14.3. The Morgan fingerprint density at radius 1 is 1.32 bits per heavy atom. The second-order valence-corrected chi connectivity index (χ2v) is 5.90. The van der Waals surface area contributed by atoms with E-state index in [1.165, 1.54) is 0 Å². The van der Waals surface area contributed by atoms with Crippen LogP contribution in [0.3, 0.4) is 0 Å². The quantitative estimate of drug-likeness (QED) is 0.688. The van der Waals surface area contributed by atoms with Crippen molar-refractivity contribution in [1.29, 1.82) is 0 Å². The number of carboxylic acids is 1. The first-order valence-electron chi connectivity index (χ1n) is 6.49. The zero-order valence-corrected chi connectivity index (χ0v) is 12.4. The molecule has 0 aliphatic heterocycles. The van der Waals surface area contributed by atoms with E-state index in [2.05, 4.69) is 9.97 Å². The monoisotopic (exact) mass is 316 g/mol. The van der Waals surface area contributed by atoms with Crippen molar-refractivity contribution in [2.24, 2.45) is 0 Å². The second-order valence-electron chi connectivity index (χ2n) is 4.90. The molecule has 2 aromatic heterocycles. The molecule has 112 valence electrons. The number of aryl methyl sites for hydroxylation is 1. The molecule has 3 aromatic rings. The lowest BCUT2D eigenvalue weighted by molar-refractivity contribution is 0.0701. The summed E-state index contributed by atoms with van der Waals surface area (Å²) in [6, 6.07) is 6.59. The summed E-state index contributed by atoms with van der Waals surface area (Å²) >= 11 is 1.00. The van der Waals surface area contributed by atoms with Gasteiger partial charge < -0.3 is 15.2 Å². The molecular formula is C15H12N2O4S. The number of carbonyl (C=O) groups is 1. The Morgan fingerprint density at radius 2 is 2.00 bits per heavy atom. The van der Waals surface area contributed by atoms with Gasteiger partial charge in [-0.1, -0.05) is 12.1 Å². The molecule has 0 saturated heterocycles. The summed E-state index contributed by atoms with van der Waals surface area (Å²) in [7, 11) is 0. The number of phenols is 1. The van der Waals surface area contributed by atoms with Gasteiger partial charge in [-0.2, -0.15) is 0 Å². The highest BCUT2D eigenvalue weighted by atomic mass is 32.1. The molecule has 7 heteroatoms. The highest BCUT2D eigenvalue weighted by Crippen LogP contribution is 2.27. The van der Waals surface area contributed by atoms with Crippen molar-refractivity contribution in [3.8, 4) is 5.75 Å². The van der Waals surface area contributed by atoms with Crippen molar-refractivity contribution in [3.63, 3.8) is 0 Å². The molecule has 0 atom stereocenters. The molecule has 1 aromatic carbocycles. The number of thiophene rings is 1. The summed E-state index contributed by atoms with van der Waals surface area (Å²) in [6.45, 7) is 1.61. The fourth-order valence-corrected chi connectivity index (χ4v) is 3.32. The maximum atomic E-state index is 12.2. The molecule has 3 N–H and O–H groups in total. The van der Waals surface area contributed by atoms with Crippen LogP contribution in [0.2, 0.25) is 0 Å². The highest BCUT2D eigenvalue weighted by Gasteiger charge is 2.18. The van der Waals surface area contributed by atoms with Crippen molar-refractivity contribution in [1.82, 2.24) is 9.97 Å². The fourth-order valence-electron chi connectivity index (χ4n) is 2.28. The fraction of sp³-hybridized carbons (Fsp3) is 0.133. The summed E-state index contributed by atoms with van der Waals surface area (Å²) < 4.78 is 0. The summed E-state index contributed by atoms with van der Waals surface area (Å²) in [5.74, 6) is -0.429. The molecule has 0 unspecified atom stereocenters. The normalized spacial score (nSPS) is 11.0. The van der Waals surface area contributed by atoms with Crippen molar-refractivity contribution in [2.45, 2.75) is 13.3 Å². The van der Waals surface area contributed by atoms with Crippen LogP contribution in [0.5, 0.6) is 5.75 Å². The van der Waals surface area contributed by atoms with E-state index in [1.54, 1.807) is 31.2 Å². The number of hydrogen-bond acceptors (Lipinski definition) is 5. The zero-order valence-electron chi connectivity index (χ0n) is 11.6. The van der Waals surface area contributed by atoms with Gasteiger partial charge in [0.05, 0.1) is 5.39 Å². The van der Waals surface area contributed by atoms with E-state index >= 15 is 0 Å². The van der Waals surface area contributed by atoms with Gasteiger partial charge in [0.1, 0.15) is 21.3 Å². The average molecular weight is 316 g/mol. The molecule has 0 bridgehead atoms. The first-order valence-corrected chi connectivity index (χ1v) is 7.31. The van der Waals surface area contributed by atoms with E-state index in [0.717, 1.165) is 16.9 Å². The summed E-state index contributed by atoms with van der Waals surface area (Å²) in [4.78, 5) is 30.9. The van der Waals surface area contributed by atoms with Crippen LogP contribution in [0.4, 0.5) is 0 Å². The van der Waals surface area contributed by atoms with Crippen LogP contribution in [-0.4, -0.2) is 26.2 Å². The molecular weight excluding hydrogens is 304 g/mol. The molecule has 3 rings (SSSR count). The second kappa shape index (κ2) is 5.27. The van der Waals surface area contributed by atoms with Gasteiger partial charge in [-0.05, 0) is 30.2 Å². The number of aromatic hydroxyl groups is 1. The van der Waals surface area contributed by atoms with Crippen LogP contribution in [0, 0.1) is 6.92 Å². The number of carboxylic acid groups (broad SMARTS) is 1.